The second-order valence-electron chi connectivity index (χ2n) is 5.20. The van der Waals surface area contributed by atoms with Gasteiger partial charge in [-0.1, -0.05) is 6.07 Å². The molecule has 2 fully saturated rings. The van der Waals surface area contributed by atoms with Gasteiger partial charge < -0.3 is 5.32 Å². The maximum atomic E-state index is 4.74. The summed E-state index contributed by atoms with van der Waals surface area (Å²) in [5.41, 5.74) is 2.64. The van der Waals surface area contributed by atoms with Gasteiger partial charge in [0.2, 0.25) is 0 Å². The third kappa shape index (κ3) is 1.78. The molecule has 1 N–H and O–H groups in total. The minimum Gasteiger partial charge on any atom is -0.310 e. The van der Waals surface area contributed by atoms with Crippen molar-refractivity contribution in [1.82, 2.24) is 10.3 Å². The van der Waals surface area contributed by atoms with Gasteiger partial charge in [0.25, 0.3) is 0 Å². The van der Waals surface area contributed by atoms with E-state index in [0.717, 1.165) is 5.92 Å². The van der Waals surface area contributed by atoms with E-state index >= 15 is 0 Å². The SMILES string of the molecule is c1cc2nc(C3CC3)sc2cc1C1CCCN1. The summed E-state index contributed by atoms with van der Waals surface area (Å²) in [5, 5.41) is 4.92. The first-order chi connectivity index (χ1) is 8.40. The largest absolute Gasteiger partial charge is 0.310 e. The first-order valence-corrected chi connectivity index (χ1v) is 7.35. The molecule has 1 aliphatic carbocycles. The molecule has 1 unspecified atom stereocenters. The summed E-state index contributed by atoms with van der Waals surface area (Å²) in [5.74, 6) is 0.778. The van der Waals surface area contributed by atoms with Crippen LogP contribution < -0.4 is 5.32 Å². The minimum absolute atomic E-state index is 0.575. The van der Waals surface area contributed by atoms with Crippen LogP contribution in [0.1, 0.15) is 48.2 Å². The van der Waals surface area contributed by atoms with Crippen molar-refractivity contribution in [3.05, 3.63) is 28.8 Å². The van der Waals surface area contributed by atoms with E-state index in [2.05, 4.69) is 23.5 Å². The van der Waals surface area contributed by atoms with Gasteiger partial charge in [-0.2, -0.15) is 0 Å². The van der Waals surface area contributed by atoms with Crippen molar-refractivity contribution in [1.29, 1.82) is 0 Å². The van der Waals surface area contributed by atoms with E-state index < -0.39 is 0 Å². The van der Waals surface area contributed by atoms with Crippen LogP contribution in [0.3, 0.4) is 0 Å². The molecule has 0 spiro atoms. The van der Waals surface area contributed by atoms with Gasteiger partial charge in [0.15, 0.2) is 0 Å². The van der Waals surface area contributed by atoms with E-state index in [-0.39, 0.29) is 0 Å². The van der Waals surface area contributed by atoms with Crippen LogP contribution in [0.4, 0.5) is 0 Å². The lowest BCUT2D eigenvalue weighted by molar-refractivity contribution is 0.649. The number of benzene rings is 1. The van der Waals surface area contributed by atoms with Crippen molar-refractivity contribution in [3.8, 4) is 0 Å². The second-order valence-corrected chi connectivity index (χ2v) is 6.26. The van der Waals surface area contributed by atoms with Gasteiger partial charge in [-0.05, 0) is 49.9 Å². The molecule has 0 radical (unpaired) electrons. The minimum atomic E-state index is 0.575. The highest BCUT2D eigenvalue weighted by molar-refractivity contribution is 7.18. The summed E-state index contributed by atoms with van der Waals surface area (Å²) in [6.07, 6.45) is 5.27. The highest BCUT2D eigenvalue weighted by Crippen LogP contribution is 2.43. The number of fused-ring (bicyclic) bond motifs is 1. The Balaban J connectivity index is 1.74. The van der Waals surface area contributed by atoms with Gasteiger partial charge in [0.1, 0.15) is 0 Å². The van der Waals surface area contributed by atoms with Gasteiger partial charge in [-0.15, -0.1) is 11.3 Å². The van der Waals surface area contributed by atoms with Crippen molar-refractivity contribution in [2.75, 3.05) is 6.54 Å². The lowest BCUT2D eigenvalue weighted by Gasteiger charge is -2.09. The lowest BCUT2D eigenvalue weighted by atomic mass is 10.1. The molecule has 17 heavy (non-hydrogen) atoms. The predicted molar refractivity (Wildman–Crippen MR) is 71.6 cm³/mol. The number of aromatic nitrogens is 1. The highest BCUT2D eigenvalue weighted by atomic mass is 32.1. The van der Waals surface area contributed by atoms with Crippen LogP contribution in [0.2, 0.25) is 0 Å². The molecule has 2 nitrogen and oxygen atoms in total. The van der Waals surface area contributed by atoms with Gasteiger partial charge in [0, 0.05) is 12.0 Å². The predicted octanol–water partition coefficient (Wildman–Crippen LogP) is 3.60. The van der Waals surface area contributed by atoms with Gasteiger partial charge in [0.05, 0.1) is 15.2 Å². The highest BCUT2D eigenvalue weighted by Gasteiger charge is 2.27. The van der Waals surface area contributed by atoms with Crippen LogP contribution in [0.5, 0.6) is 0 Å². The van der Waals surface area contributed by atoms with Crippen molar-refractivity contribution in [2.24, 2.45) is 0 Å². The van der Waals surface area contributed by atoms with Crippen LogP contribution in [-0.2, 0) is 0 Å². The van der Waals surface area contributed by atoms with E-state index in [0.29, 0.717) is 6.04 Å². The zero-order valence-corrected chi connectivity index (χ0v) is 10.6. The van der Waals surface area contributed by atoms with Crippen LogP contribution in [-0.4, -0.2) is 11.5 Å². The number of nitrogens with one attached hydrogen (secondary N) is 1. The zero-order chi connectivity index (χ0) is 11.2. The van der Waals surface area contributed by atoms with E-state index in [1.165, 1.54) is 53.0 Å². The molecule has 3 heteroatoms. The molecular formula is C14H16N2S. The normalized spacial score (nSPS) is 24.6. The van der Waals surface area contributed by atoms with E-state index in [1.54, 1.807) is 0 Å². The summed E-state index contributed by atoms with van der Waals surface area (Å²) < 4.78 is 1.37. The molecule has 0 bridgehead atoms. The molecule has 1 aliphatic heterocycles. The molecule has 2 aromatic rings. The fourth-order valence-corrected chi connectivity index (χ4v) is 3.83. The van der Waals surface area contributed by atoms with Crippen LogP contribution in [0.25, 0.3) is 10.2 Å². The summed E-state index contributed by atoms with van der Waals surface area (Å²) >= 11 is 1.90. The quantitative estimate of drug-likeness (QED) is 0.873. The Bertz CT molecular complexity index is 550. The number of thiazole rings is 1. The fourth-order valence-electron chi connectivity index (χ4n) is 2.65. The maximum Gasteiger partial charge on any atom is 0.0969 e. The molecule has 0 amide bonds. The first kappa shape index (κ1) is 10.0. The van der Waals surface area contributed by atoms with E-state index in [4.69, 9.17) is 4.98 Å². The molecule has 1 aromatic carbocycles. The average Bonchev–Trinajstić information content (AvgIpc) is 2.92. The third-order valence-corrected chi connectivity index (χ3v) is 5.00. The summed E-state index contributed by atoms with van der Waals surface area (Å²) in [4.78, 5) is 4.74. The Morgan fingerprint density at radius 3 is 2.94 bits per heavy atom. The topological polar surface area (TPSA) is 24.9 Å². The summed E-state index contributed by atoms with van der Waals surface area (Å²) in [6, 6.07) is 7.38. The van der Waals surface area contributed by atoms with Crippen molar-refractivity contribution in [3.63, 3.8) is 0 Å². The van der Waals surface area contributed by atoms with Gasteiger partial charge >= 0.3 is 0 Å². The zero-order valence-electron chi connectivity index (χ0n) is 9.78. The molecule has 2 heterocycles. The van der Waals surface area contributed by atoms with Crippen LogP contribution >= 0.6 is 11.3 Å². The number of hydrogen-bond donors (Lipinski definition) is 1. The standard InChI is InChI=1S/C14H16N2S/c1-2-11(15-7-1)10-5-6-12-13(8-10)17-14(16-12)9-3-4-9/h5-6,8-9,11,15H,1-4,7H2. The second kappa shape index (κ2) is 3.79. The smallest absolute Gasteiger partial charge is 0.0969 e. The van der Waals surface area contributed by atoms with Crippen molar-refractivity contribution >= 4 is 21.6 Å². The fraction of sp³-hybridized carbons (Fsp3) is 0.500. The van der Waals surface area contributed by atoms with E-state index in [1.807, 2.05) is 11.3 Å². The number of rotatable bonds is 2. The average molecular weight is 244 g/mol. The molecular weight excluding hydrogens is 228 g/mol. The lowest BCUT2D eigenvalue weighted by Crippen LogP contribution is -2.12. The molecule has 4 rings (SSSR count). The molecule has 88 valence electrons. The molecule has 1 aromatic heterocycles. The Kier molecular flexibility index (Phi) is 2.24. The molecule has 1 atom stereocenters. The van der Waals surface area contributed by atoms with Crippen LogP contribution in [0, 0.1) is 0 Å². The number of nitrogens with zero attached hydrogens (tertiary/aromatic N) is 1. The van der Waals surface area contributed by atoms with Gasteiger partial charge in [-0.3, -0.25) is 0 Å². The molecule has 2 aliphatic rings. The Labute approximate surface area is 105 Å². The Hall–Kier alpha value is -0.930. The first-order valence-electron chi connectivity index (χ1n) is 6.54. The van der Waals surface area contributed by atoms with Crippen molar-refractivity contribution in [2.45, 2.75) is 37.6 Å². The summed E-state index contributed by atoms with van der Waals surface area (Å²) in [7, 11) is 0. The maximum absolute atomic E-state index is 4.74. The third-order valence-electron chi connectivity index (χ3n) is 3.82. The monoisotopic (exact) mass is 244 g/mol. The molecule has 1 saturated heterocycles. The van der Waals surface area contributed by atoms with Crippen LogP contribution in [0.15, 0.2) is 18.2 Å². The van der Waals surface area contributed by atoms with E-state index in [9.17, 15) is 0 Å². The molecule has 1 saturated carbocycles. The Morgan fingerprint density at radius 2 is 2.18 bits per heavy atom. The van der Waals surface area contributed by atoms with Gasteiger partial charge in [-0.25, -0.2) is 4.98 Å². The summed E-state index contributed by atoms with van der Waals surface area (Å²) in [6.45, 7) is 1.17. The van der Waals surface area contributed by atoms with Crippen molar-refractivity contribution < 1.29 is 0 Å². The number of hydrogen-bond acceptors (Lipinski definition) is 3. The Morgan fingerprint density at radius 1 is 1.24 bits per heavy atom.